The van der Waals surface area contributed by atoms with Gasteiger partial charge in [-0.2, -0.15) is 5.26 Å². The second-order valence-electron chi connectivity index (χ2n) is 5.42. The summed E-state index contributed by atoms with van der Waals surface area (Å²) in [6.45, 7) is 11.6. The molecule has 96 valence electrons. The molecule has 0 aliphatic carbocycles. The molecule has 0 spiro atoms. The molecule has 2 N–H and O–H groups in total. The molecule has 0 bridgehead atoms. The van der Waals surface area contributed by atoms with Crippen LogP contribution >= 0.6 is 0 Å². The third kappa shape index (κ3) is 5.66. The predicted molar refractivity (Wildman–Crippen MR) is 74.4 cm³/mol. The van der Waals surface area contributed by atoms with Crippen molar-refractivity contribution in [2.75, 3.05) is 13.2 Å². The van der Waals surface area contributed by atoms with Crippen molar-refractivity contribution in [3.63, 3.8) is 0 Å². The van der Waals surface area contributed by atoms with Crippen LogP contribution in [0, 0.1) is 11.3 Å². The number of hydrogen-bond donors (Lipinski definition) is 1. The normalized spacial score (nSPS) is 14.0. The second kappa shape index (κ2) is 6.57. The first-order valence-electron chi connectivity index (χ1n) is 5.66. The van der Waals surface area contributed by atoms with Crippen LogP contribution < -0.4 is 5.73 Å². The van der Waals surface area contributed by atoms with E-state index in [-0.39, 0.29) is 11.6 Å². The van der Waals surface area contributed by atoms with Gasteiger partial charge in [0.25, 0.3) is 0 Å². The molecule has 0 fully saturated rings. The van der Waals surface area contributed by atoms with E-state index in [9.17, 15) is 0 Å². The van der Waals surface area contributed by atoms with E-state index in [1.165, 1.54) is 6.20 Å². The Balaban J connectivity index is 4.41. The minimum atomic E-state index is -1.75. The SMILES string of the molecule is CC(C)(C)[Si](C)(C)OCC(C=NCC#N)=CN. The zero-order valence-electron chi connectivity index (χ0n) is 11.4. The average Bonchev–Trinajstić information content (AvgIpc) is 2.21. The van der Waals surface area contributed by atoms with Crippen molar-refractivity contribution in [2.45, 2.75) is 38.9 Å². The molecule has 5 heteroatoms. The first kappa shape index (κ1) is 15.9. The van der Waals surface area contributed by atoms with Gasteiger partial charge in [0.2, 0.25) is 0 Å². The summed E-state index contributed by atoms with van der Waals surface area (Å²) in [6, 6.07) is 1.95. The maximum Gasteiger partial charge on any atom is 0.192 e. The van der Waals surface area contributed by atoms with E-state index in [0.717, 1.165) is 5.57 Å². The predicted octanol–water partition coefficient (Wildman–Crippen LogP) is 2.45. The average molecular weight is 253 g/mol. The van der Waals surface area contributed by atoms with E-state index >= 15 is 0 Å². The molecule has 0 saturated heterocycles. The Hall–Kier alpha value is -1.12. The number of nitrogens with two attached hydrogens (primary N) is 1. The van der Waals surface area contributed by atoms with Crippen LogP contribution in [0.1, 0.15) is 20.8 Å². The third-order valence-corrected chi connectivity index (χ3v) is 7.52. The van der Waals surface area contributed by atoms with E-state index in [0.29, 0.717) is 6.61 Å². The molecule has 0 rings (SSSR count). The van der Waals surface area contributed by atoms with Crippen LogP contribution in [0.15, 0.2) is 16.8 Å². The van der Waals surface area contributed by atoms with Crippen LogP contribution in [0.2, 0.25) is 18.1 Å². The van der Waals surface area contributed by atoms with Gasteiger partial charge < -0.3 is 10.2 Å². The summed E-state index contributed by atoms with van der Waals surface area (Å²) in [5.41, 5.74) is 6.30. The molecule has 0 unspecified atom stereocenters. The Labute approximate surface area is 105 Å². The van der Waals surface area contributed by atoms with Crippen molar-refractivity contribution in [2.24, 2.45) is 10.7 Å². The van der Waals surface area contributed by atoms with Crippen molar-refractivity contribution in [1.82, 2.24) is 0 Å². The third-order valence-electron chi connectivity index (χ3n) is 3.04. The van der Waals surface area contributed by atoms with Gasteiger partial charge in [-0.25, -0.2) is 0 Å². The van der Waals surface area contributed by atoms with E-state index < -0.39 is 8.32 Å². The van der Waals surface area contributed by atoms with Crippen LogP contribution in [0.4, 0.5) is 0 Å². The Bertz CT molecular complexity index is 335. The molecule has 0 aromatic heterocycles. The van der Waals surface area contributed by atoms with Gasteiger partial charge >= 0.3 is 0 Å². The summed E-state index contributed by atoms with van der Waals surface area (Å²) < 4.78 is 5.99. The van der Waals surface area contributed by atoms with Crippen molar-refractivity contribution >= 4 is 14.5 Å². The Morgan fingerprint density at radius 1 is 1.47 bits per heavy atom. The van der Waals surface area contributed by atoms with Crippen LogP contribution in [-0.2, 0) is 4.43 Å². The Kier molecular flexibility index (Phi) is 6.14. The molecule has 17 heavy (non-hydrogen) atoms. The molecule has 0 atom stereocenters. The lowest BCUT2D eigenvalue weighted by atomic mass is 10.2. The standard InChI is InChI=1S/C12H23N3OSi/c1-12(2,3)17(4,5)16-10-11(8-14)9-15-7-6-13/h8-9H,7,10,14H2,1-5H3. The Morgan fingerprint density at radius 2 is 2.06 bits per heavy atom. The molecule has 0 amide bonds. The van der Waals surface area contributed by atoms with Crippen LogP contribution in [-0.4, -0.2) is 27.7 Å². The topological polar surface area (TPSA) is 71.4 Å². The van der Waals surface area contributed by atoms with Gasteiger partial charge in [0.05, 0.1) is 12.7 Å². The number of hydrogen-bond acceptors (Lipinski definition) is 4. The zero-order valence-corrected chi connectivity index (χ0v) is 12.4. The number of rotatable bonds is 5. The number of nitriles is 1. The van der Waals surface area contributed by atoms with Crippen LogP contribution in [0.5, 0.6) is 0 Å². The fourth-order valence-electron chi connectivity index (χ4n) is 0.812. The van der Waals surface area contributed by atoms with E-state index in [1.807, 2.05) is 6.07 Å². The van der Waals surface area contributed by atoms with Crippen molar-refractivity contribution in [3.05, 3.63) is 11.8 Å². The summed E-state index contributed by atoms with van der Waals surface area (Å²) in [5.74, 6) is 0. The highest BCUT2D eigenvalue weighted by atomic mass is 28.4. The molecular formula is C12H23N3OSi. The molecule has 0 saturated carbocycles. The first-order chi connectivity index (χ1) is 7.74. The highest BCUT2D eigenvalue weighted by molar-refractivity contribution is 6.74. The lowest BCUT2D eigenvalue weighted by Gasteiger charge is -2.36. The molecular weight excluding hydrogens is 230 g/mol. The van der Waals surface area contributed by atoms with Crippen LogP contribution in [0.25, 0.3) is 0 Å². The van der Waals surface area contributed by atoms with Gasteiger partial charge in [-0.1, -0.05) is 20.8 Å². The molecule has 0 aromatic rings. The van der Waals surface area contributed by atoms with Gasteiger partial charge in [-0.15, -0.1) is 0 Å². The van der Waals surface area contributed by atoms with Crippen molar-refractivity contribution in [3.8, 4) is 6.07 Å². The lowest BCUT2D eigenvalue weighted by molar-refractivity contribution is 0.323. The maximum atomic E-state index is 8.38. The summed E-state index contributed by atoms with van der Waals surface area (Å²) in [4.78, 5) is 3.92. The van der Waals surface area contributed by atoms with E-state index in [4.69, 9.17) is 15.4 Å². The van der Waals surface area contributed by atoms with Crippen LogP contribution in [0.3, 0.4) is 0 Å². The Morgan fingerprint density at radius 3 is 2.47 bits per heavy atom. The highest BCUT2D eigenvalue weighted by Gasteiger charge is 2.37. The summed E-state index contributed by atoms with van der Waals surface area (Å²) in [5, 5.41) is 8.56. The quantitative estimate of drug-likeness (QED) is 0.465. The number of nitrogens with zero attached hydrogens (tertiary/aromatic N) is 2. The van der Waals surface area contributed by atoms with Crippen molar-refractivity contribution in [1.29, 1.82) is 5.26 Å². The van der Waals surface area contributed by atoms with Gasteiger partial charge in [-0.3, -0.25) is 4.99 Å². The molecule has 0 heterocycles. The summed E-state index contributed by atoms with van der Waals surface area (Å²) in [7, 11) is -1.75. The summed E-state index contributed by atoms with van der Waals surface area (Å²) >= 11 is 0. The van der Waals surface area contributed by atoms with E-state index in [2.05, 4.69) is 38.9 Å². The molecule has 0 aromatic carbocycles. The number of aliphatic imine (C=N–C) groups is 1. The largest absolute Gasteiger partial charge is 0.412 e. The highest BCUT2D eigenvalue weighted by Crippen LogP contribution is 2.36. The fourth-order valence-corrected chi connectivity index (χ4v) is 1.77. The van der Waals surface area contributed by atoms with Crippen molar-refractivity contribution < 1.29 is 4.43 Å². The van der Waals surface area contributed by atoms with E-state index in [1.54, 1.807) is 6.21 Å². The van der Waals surface area contributed by atoms with Gasteiger partial charge in [0, 0.05) is 18.0 Å². The molecule has 4 nitrogen and oxygen atoms in total. The monoisotopic (exact) mass is 253 g/mol. The zero-order chi connectivity index (χ0) is 13.5. The molecule has 0 radical (unpaired) electrons. The maximum absolute atomic E-state index is 8.38. The molecule has 0 aliphatic heterocycles. The lowest BCUT2D eigenvalue weighted by Crippen LogP contribution is -2.41. The van der Waals surface area contributed by atoms with Gasteiger partial charge in [0.15, 0.2) is 8.32 Å². The summed E-state index contributed by atoms with van der Waals surface area (Å²) in [6.07, 6.45) is 3.09. The first-order valence-corrected chi connectivity index (χ1v) is 8.57. The smallest absolute Gasteiger partial charge is 0.192 e. The fraction of sp³-hybridized carbons (Fsp3) is 0.667. The second-order valence-corrected chi connectivity index (χ2v) is 10.2. The minimum absolute atomic E-state index is 0.150. The van der Waals surface area contributed by atoms with Gasteiger partial charge in [0.1, 0.15) is 6.54 Å². The molecule has 0 aliphatic rings. The van der Waals surface area contributed by atoms with Gasteiger partial charge in [-0.05, 0) is 18.1 Å². The minimum Gasteiger partial charge on any atom is -0.412 e.